The molecule has 11 nitrogen and oxygen atoms in total. The Hall–Kier alpha value is -3.66. The first-order chi connectivity index (χ1) is 17.0. The van der Waals surface area contributed by atoms with Crippen LogP contribution in [0.25, 0.3) is 0 Å². The Kier molecular flexibility index (Phi) is 11.5. The van der Waals surface area contributed by atoms with Crippen molar-refractivity contribution in [1.29, 1.82) is 0 Å². The minimum absolute atomic E-state index is 0.0478. The van der Waals surface area contributed by atoms with Crippen LogP contribution >= 0.6 is 0 Å². The maximum absolute atomic E-state index is 13.3. The monoisotopic (exact) mass is 484 g/mol. The molecule has 35 heavy (non-hydrogen) atoms. The number of carbonyl (C=O) groups excluding carboxylic acids is 4. The summed E-state index contributed by atoms with van der Waals surface area (Å²) in [4.78, 5) is 54.6. The standard InChI is InChI=1S/C24H24N2O9/c27-7-8-33-9-10-34-11-12-35-15-24(32,22(30)18-3-1-5-20(13-18)25-16-28)23(31)19-4-2-6-21(14-19)26-17-29/h1-6,13-14,27,32H,7-12,15H2. The lowest BCUT2D eigenvalue weighted by atomic mass is 9.85. The second kappa shape index (κ2) is 14.6. The van der Waals surface area contributed by atoms with E-state index in [9.17, 15) is 24.3 Å². The highest BCUT2D eigenvalue weighted by atomic mass is 16.5. The number of aliphatic imine (C=N–C) groups is 2. The highest BCUT2D eigenvalue weighted by molar-refractivity contribution is 6.22. The summed E-state index contributed by atoms with van der Waals surface area (Å²) in [5.74, 6) is -1.96. The van der Waals surface area contributed by atoms with Crippen LogP contribution in [0.5, 0.6) is 0 Å². The predicted octanol–water partition coefficient (Wildman–Crippen LogP) is 1.46. The average molecular weight is 484 g/mol. The average Bonchev–Trinajstić information content (AvgIpc) is 2.87. The van der Waals surface area contributed by atoms with Crippen molar-refractivity contribution in [3.05, 3.63) is 59.7 Å². The Labute approximate surface area is 200 Å². The van der Waals surface area contributed by atoms with Gasteiger partial charge in [0, 0.05) is 11.1 Å². The highest BCUT2D eigenvalue weighted by Crippen LogP contribution is 2.25. The number of carbonyl (C=O) groups is 2. The minimum Gasteiger partial charge on any atom is -0.394 e. The summed E-state index contributed by atoms with van der Waals surface area (Å²) < 4.78 is 15.7. The molecular formula is C24H24N2O9. The van der Waals surface area contributed by atoms with E-state index in [1.165, 1.54) is 60.7 Å². The van der Waals surface area contributed by atoms with E-state index >= 15 is 0 Å². The van der Waals surface area contributed by atoms with Crippen molar-refractivity contribution >= 4 is 35.1 Å². The molecule has 0 aliphatic rings. The number of rotatable bonds is 16. The number of aliphatic hydroxyl groups is 2. The van der Waals surface area contributed by atoms with E-state index in [1.54, 1.807) is 0 Å². The van der Waals surface area contributed by atoms with Gasteiger partial charge in [-0.25, -0.2) is 9.59 Å². The Morgan fingerprint density at radius 1 is 0.771 bits per heavy atom. The summed E-state index contributed by atoms with van der Waals surface area (Å²) in [6, 6.07) is 10.9. The number of benzene rings is 2. The van der Waals surface area contributed by atoms with Crippen LogP contribution in [0.4, 0.5) is 11.4 Å². The van der Waals surface area contributed by atoms with Gasteiger partial charge in [-0.05, 0) is 24.3 Å². The van der Waals surface area contributed by atoms with Gasteiger partial charge in [-0.15, -0.1) is 0 Å². The summed E-state index contributed by atoms with van der Waals surface area (Å²) in [5, 5.41) is 19.9. The zero-order valence-electron chi connectivity index (χ0n) is 18.7. The van der Waals surface area contributed by atoms with E-state index in [4.69, 9.17) is 19.3 Å². The van der Waals surface area contributed by atoms with Gasteiger partial charge in [0.1, 0.15) is 0 Å². The van der Waals surface area contributed by atoms with Crippen molar-refractivity contribution in [3.63, 3.8) is 0 Å². The summed E-state index contributed by atoms with van der Waals surface area (Å²) in [6.45, 7) is -0.0616. The van der Waals surface area contributed by atoms with Crippen molar-refractivity contribution in [1.82, 2.24) is 0 Å². The molecule has 184 valence electrons. The number of isocyanates is 2. The normalized spacial score (nSPS) is 12.2. The van der Waals surface area contributed by atoms with E-state index in [0.29, 0.717) is 0 Å². The predicted molar refractivity (Wildman–Crippen MR) is 122 cm³/mol. The summed E-state index contributed by atoms with van der Waals surface area (Å²) in [7, 11) is 0. The lowest BCUT2D eigenvalue weighted by molar-refractivity contribution is -0.0346. The molecule has 11 heteroatoms. The van der Waals surface area contributed by atoms with Gasteiger partial charge < -0.3 is 24.4 Å². The fourth-order valence-electron chi connectivity index (χ4n) is 2.97. The van der Waals surface area contributed by atoms with E-state index in [2.05, 4.69) is 9.98 Å². The first-order valence-corrected chi connectivity index (χ1v) is 10.5. The Morgan fingerprint density at radius 2 is 1.23 bits per heavy atom. The molecular weight excluding hydrogens is 460 g/mol. The summed E-state index contributed by atoms with van der Waals surface area (Å²) in [5.41, 5.74) is -2.58. The van der Waals surface area contributed by atoms with Crippen LogP contribution < -0.4 is 0 Å². The van der Waals surface area contributed by atoms with Crippen LogP contribution in [0.3, 0.4) is 0 Å². The number of ketones is 2. The molecule has 0 aliphatic heterocycles. The van der Waals surface area contributed by atoms with Crippen molar-refractivity contribution in [2.75, 3.05) is 46.2 Å². The Bertz CT molecular complexity index is 1030. The van der Waals surface area contributed by atoms with Gasteiger partial charge in [0.25, 0.3) is 0 Å². The van der Waals surface area contributed by atoms with Gasteiger partial charge in [0.2, 0.25) is 29.3 Å². The van der Waals surface area contributed by atoms with E-state index < -0.39 is 23.8 Å². The maximum Gasteiger partial charge on any atom is 0.240 e. The summed E-state index contributed by atoms with van der Waals surface area (Å²) in [6.07, 6.45) is 2.72. The van der Waals surface area contributed by atoms with Crippen LogP contribution in [-0.2, 0) is 23.8 Å². The van der Waals surface area contributed by atoms with Crippen LogP contribution in [-0.4, -0.2) is 85.8 Å². The Morgan fingerprint density at radius 3 is 1.69 bits per heavy atom. The lowest BCUT2D eigenvalue weighted by Crippen LogP contribution is -2.51. The van der Waals surface area contributed by atoms with Gasteiger partial charge in [-0.1, -0.05) is 24.3 Å². The molecule has 2 aromatic rings. The van der Waals surface area contributed by atoms with E-state index in [1.807, 2.05) is 0 Å². The zero-order chi connectivity index (χ0) is 25.5. The first-order valence-electron chi connectivity index (χ1n) is 10.5. The topological polar surface area (TPSA) is 161 Å². The molecule has 0 aromatic heterocycles. The number of Topliss-reactive ketones (excluding diaryl/α,β-unsaturated/α-hetero) is 2. The van der Waals surface area contributed by atoms with Crippen LogP contribution in [0.15, 0.2) is 58.5 Å². The lowest BCUT2D eigenvalue weighted by Gasteiger charge is -2.25. The molecule has 0 spiro atoms. The molecule has 2 N–H and O–H groups in total. The van der Waals surface area contributed by atoms with Crippen LogP contribution in [0.1, 0.15) is 20.7 Å². The SMILES string of the molecule is O=C=Nc1cccc(C(=O)C(O)(COCCOCCOCCO)C(=O)c2cccc(N=C=O)c2)c1. The highest BCUT2D eigenvalue weighted by Gasteiger charge is 2.45. The van der Waals surface area contributed by atoms with Crippen LogP contribution in [0.2, 0.25) is 0 Å². The first kappa shape index (κ1) is 27.6. The van der Waals surface area contributed by atoms with Crippen molar-refractivity contribution in [2.45, 2.75) is 5.60 Å². The number of nitrogens with zero attached hydrogens (tertiary/aromatic N) is 2. The fraction of sp³-hybridized carbons (Fsp3) is 0.333. The van der Waals surface area contributed by atoms with Gasteiger partial charge >= 0.3 is 0 Å². The molecule has 0 atom stereocenters. The zero-order valence-corrected chi connectivity index (χ0v) is 18.7. The number of hydrogen-bond donors (Lipinski definition) is 2. The maximum atomic E-state index is 13.3. The number of ether oxygens (including phenoxy) is 3. The molecule has 0 saturated heterocycles. The van der Waals surface area contributed by atoms with Gasteiger partial charge in [0.05, 0.1) is 57.6 Å². The fourth-order valence-corrected chi connectivity index (χ4v) is 2.97. The molecule has 2 rings (SSSR count). The molecule has 0 unspecified atom stereocenters. The molecule has 0 heterocycles. The van der Waals surface area contributed by atoms with Gasteiger partial charge in [-0.3, -0.25) is 9.59 Å². The largest absolute Gasteiger partial charge is 0.394 e. The third-order valence-electron chi connectivity index (χ3n) is 4.61. The quantitative estimate of drug-likeness (QED) is 0.118. The second-order valence-corrected chi connectivity index (χ2v) is 7.03. The second-order valence-electron chi connectivity index (χ2n) is 7.03. The van der Waals surface area contributed by atoms with E-state index in [0.717, 1.165) is 0 Å². The number of hydrogen-bond acceptors (Lipinski definition) is 11. The molecule has 0 aliphatic carbocycles. The molecule has 0 amide bonds. The molecule has 0 radical (unpaired) electrons. The third kappa shape index (κ3) is 8.25. The molecule has 2 aromatic carbocycles. The minimum atomic E-state index is -2.64. The summed E-state index contributed by atoms with van der Waals surface area (Å²) >= 11 is 0. The van der Waals surface area contributed by atoms with Crippen LogP contribution in [0, 0.1) is 0 Å². The third-order valence-corrected chi connectivity index (χ3v) is 4.61. The molecule has 0 saturated carbocycles. The van der Waals surface area contributed by atoms with Crippen molar-refractivity contribution in [3.8, 4) is 0 Å². The Balaban J connectivity index is 2.21. The number of aliphatic hydroxyl groups excluding tert-OH is 1. The molecule has 0 bridgehead atoms. The van der Waals surface area contributed by atoms with E-state index in [-0.39, 0.29) is 62.1 Å². The smallest absolute Gasteiger partial charge is 0.240 e. The van der Waals surface area contributed by atoms with Gasteiger partial charge in [0.15, 0.2) is 0 Å². The van der Waals surface area contributed by atoms with Crippen molar-refractivity contribution in [2.24, 2.45) is 9.98 Å². The molecule has 0 fully saturated rings. The van der Waals surface area contributed by atoms with Crippen molar-refractivity contribution < 1.29 is 43.6 Å². The van der Waals surface area contributed by atoms with Gasteiger partial charge in [-0.2, -0.15) is 9.98 Å².